The van der Waals surface area contributed by atoms with E-state index in [9.17, 15) is 4.79 Å². The van der Waals surface area contributed by atoms with Gasteiger partial charge in [0.25, 0.3) is 0 Å². The predicted molar refractivity (Wildman–Crippen MR) is 78.4 cm³/mol. The van der Waals surface area contributed by atoms with Gasteiger partial charge in [-0.05, 0) is 33.4 Å². The van der Waals surface area contributed by atoms with Crippen LogP contribution in [0, 0.1) is 13.8 Å². The summed E-state index contributed by atoms with van der Waals surface area (Å²) < 4.78 is 0. The Bertz CT molecular complexity index is 405. The van der Waals surface area contributed by atoms with Crippen LogP contribution in [0.15, 0.2) is 11.2 Å². The number of carbonyl (C=O) groups excluding carboxylic acids is 1. The predicted octanol–water partition coefficient (Wildman–Crippen LogP) is 1.30. The molecule has 0 aliphatic heterocycles. The molecule has 0 radical (unpaired) electrons. The average Bonchev–Trinajstić information content (AvgIpc) is 2.33. The molecule has 0 saturated carbocycles. The molecule has 5 nitrogen and oxygen atoms in total. The third-order valence-corrected chi connectivity index (χ3v) is 3.30. The number of rotatable bonds is 7. The quantitative estimate of drug-likeness (QED) is 0.583. The fraction of sp³-hybridized carbons (Fsp3) is 0.615. The van der Waals surface area contributed by atoms with Gasteiger partial charge in [0.1, 0.15) is 0 Å². The van der Waals surface area contributed by atoms with E-state index in [4.69, 9.17) is 0 Å². The van der Waals surface area contributed by atoms with E-state index in [1.54, 1.807) is 0 Å². The number of hydrogen-bond donors (Lipinski definition) is 2. The molecule has 0 aliphatic carbocycles. The summed E-state index contributed by atoms with van der Waals surface area (Å²) in [6.07, 6.45) is 0. The zero-order chi connectivity index (χ0) is 14.3. The van der Waals surface area contributed by atoms with Crippen LogP contribution in [-0.2, 0) is 4.79 Å². The first kappa shape index (κ1) is 15.9. The molecule has 1 atom stereocenters. The highest BCUT2D eigenvalue weighted by atomic mass is 32.2. The second-order valence-corrected chi connectivity index (χ2v) is 5.43. The number of aromatic nitrogens is 2. The maximum absolute atomic E-state index is 11.7. The number of thioether (sulfide) groups is 1. The van der Waals surface area contributed by atoms with Crippen LogP contribution in [0.3, 0.4) is 0 Å². The molecular weight excluding hydrogens is 260 g/mol. The van der Waals surface area contributed by atoms with Crippen LogP contribution >= 0.6 is 11.8 Å². The Kier molecular flexibility index (Phi) is 6.80. The second-order valence-electron chi connectivity index (χ2n) is 4.48. The summed E-state index contributed by atoms with van der Waals surface area (Å²) in [5.41, 5.74) is 1.85. The maximum Gasteiger partial charge on any atom is 0.230 e. The Morgan fingerprint density at radius 3 is 2.58 bits per heavy atom. The lowest BCUT2D eigenvalue weighted by atomic mass is 10.3. The molecule has 1 aromatic heterocycles. The van der Waals surface area contributed by atoms with E-state index >= 15 is 0 Å². The molecule has 106 valence electrons. The summed E-state index contributed by atoms with van der Waals surface area (Å²) >= 11 is 1.37. The number of nitrogens with one attached hydrogen (secondary N) is 2. The fourth-order valence-corrected chi connectivity index (χ4v) is 2.41. The first-order valence-corrected chi connectivity index (χ1v) is 7.45. The molecule has 1 aromatic rings. The van der Waals surface area contributed by atoms with Gasteiger partial charge in [-0.1, -0.05) is 18.7 Å². The van der Waals surface area contributed by atoms with Crippen LogP contribution in [0.1, 0.15) is 25.2 Å². The fourth-order valence-electron chi connectivity index (χ4n) is 1.63. The smallest absolute Gasteiger partial charge is 0.230 e. The van der Waals surface area contributed by atoms with E-state index in [0.29, 0.717) is 17.5 Å². The molecule has 0 fully saturated rings. The topological polar surface area (TPSA) is 66.9 Å². The van der Waals surface area contributed by atoms with Gasteiger partial charge in [-0.15, -0.1) is 0 Å². The lowest BCUT2D eigenvalue weighted by Gasteiger charge is -2.12. The Labute approximate surface area is 119 Å². The highest BCUT2D eigenvalue weighted by Crippen LogP contribution is 2.13. The van der Waals surface area contributed by atoms with Crippen LogP contribution in [0.5, 0.6) is 0 Å². The van der Waals surface area contributed by atoms with Crippen molar-refractivity contribution in [3.05, 3.63) is 17.5 Å². The van der Waals surface area contributed by atoms with Crippen molar-refractivity contribution in [2.75, 3.05) is 18.8 Å². The van der Waals surface area contributed by atoms with Crippen LogP contribution in [0.25, 0.3) is 0 Å². The van der Waals surface area contributed by atoms with Crippen LogP contribution in [0.2, 0.25) is 0 Å². The minimum atomic E-state index is 0.0116. The molecule has 0 bridgehead atoms. The van der Waals surface area contributed by atoms with Crippen molar-refractivity contribution in [1.29, 1.82) is 0 Å². The molecule has 6 heteroatoms. The molecule has 0 aromatic carbocycles. The Morgan fingerprint density at radius 1 is 1.37 bits per heavy atom. The van der Waals surface area contributed by atoms with Gasteiger partial charge in [-0.25, -0.2) is 9.97 Å². The minimum absolute atomic E-state index is 0.0116. The van der Waals surface area contributed by atoms with Gasteiger partial charge >= 0.3 is 0 Å². The van der Waals surface area contributed by atoms with E-state index in [-0.39, 0.29) is 11.9 Å². The van der Waals surface area contributed by atoms with Crippen molar-refractivity contribution in [1.82, 2.24) is 20.6 Å². The van der Waals surface area contributed by atoms with Crippen molar-refractivity contribution in [3.63, 3.8) is 0 Å². The molecule has 0 unspecified atom stereocenters. The number of hydrogen-bond acceptors (Lipinski definition) is 5. The Hall–Kier alpha value is -1.14. The molecule has 0 aliphatic rings. The minimum Gasteiger partial charge on any atom is -0.354 e. The van der Waals surface area contributed by atoms with Gasteiger partial charge in [0, 0.05) is 24.0 Å². The van der Waals surface area contributed by atoms with E-state index in [1.807, 2.05) is 33.8 Å². The summed E-state index contributed by atoms with van der Waals surface area (Å²) in [6, 6.07) is 2.21. The SMILES string of the molecule is CCN[C@H](C)CNC(=O)CSc1nc(C)cc(C)n1. The summed E-state index contributed by atoms with van der Waals surface area (Å²) in [5, 5.41) is 6.79. The van der Waals surface area contributed by atoms with E-state index in [0.717, 1.165) is 17.9 Å². The molecular formula is C13H22N4OS. The van der Waals surface area contributed by atoms with Crippen molar-refractivity contribution in [3.8, 4) is 0 Å². The van der Waals surface area contributed by atoms with E-state index in [1.165, 1.54) is 11.8 Å². The number of carbonyl (C=O) groups is 1. The summed E-state index contributed by atoms with van der Waals surface area (Å²) in [7, 11) is 0. The highest BCUT2D eigenvalue weighted by Gasteiger charge is 2.07. The largest absolute Gasteiger partial charge is 0.354 e. The maximum atomic E-state index is 11.7. The number of likely N-dealkylation sites (N-methyl/N-ethyl adjacent to an activating group) is 1. The molecule has 1 amide bonds. The number of nitrogens with zero attached hydrogens (tertiary/aromatic N) is 2. The lowest BCUT2D eigenvalue weighted by molar-refractivity contribution is -0.118. The van der Waals surface area contributed by atoms with Crippen LogP contribution in [-0.4, -0.2) is 40.8 Å². The van der Waals surface area contributed by atoms with Crippen molar-refractivity contribution >= 4 is 17.7 Å². The standard InChI is InChI=1S/C13H22N4OS/c1-5-14-11(4)7-15-12(18)8-19-13-16-9(2)6-10(3)17-13/h6,11,14H,5,7-8H2,1-4H3,(H,15,18)/t11-/m1/s1. The molecule has 2 N–H and O–H groups in total. The van der Waals surface area contributed by atoms with Crippen molar-refractivity contribution in [2.45, 2.75) is 38.9 Å². The summed E-state index contributed by atoms with van der Waals surface area (Å²) in [6.45, 7) is 9.49. The van der Waals surface area contributed by atoms with Crippen LogP contribution < -0.4 is 10.6 Å². The Balaban J connectivity index is 2.33. The first-order chi connectivity index (χ1) is 9.01. The molecule has 1 rings (SSSR count). The van der Waals surface area contributed by atoms with Gasteiger partial charge < -0.3 is 10.6 Å². The highest BCUT2D eigenvalue weighted by molar-refractivity contribution is 7.99. The number of amides is 1. The molecule has 1 heterocycles. The van der Waals surface area contributed by atoms with Gasteiger partial charge in [-0.3, -0.25) is 4.79 Å². The second kappa shape index (κ2) is 8.12. The zero-order valence-corrected chi connectivity index (χ0v) is 12.8. The van der Waals surface area contributed by atoms with Gasteiger partial charge in [0.2, 0.25) is 5.91 Å². The third kappa shape index (κ3) is 6.54. The average molecular weight is 282 g/mol. The monoisotopic (exact) mass is 282 g/mol. The van der Waals surface area contributed by atoms with E-state index in [2.05, 4.69) is 20.6 Å². The van der Waals surface area contributed by atoms with Gasteiger partial charge in [-0.2, -0.15) is 0 Å². The summed E-state index contributed by atoms with van der Waals surface area (Å²) in [5.74, 6) is 0.361. The first-order valence-electron chi connectivity index (χ1n) is 6.46. The Morgan fingerprint density at radius 2 is 2.00 bits per heavy atom. The van der Waals surface area contributed by atoms with Crippen molar-refractivity contribution in [2.24, 2.45) is 0 Å². The van der Waals surface area contributed by atoms with Crippen molar-refractivity contribution < 1.29 is 4.79 Å². The van der Waals surface area contributed by atoms with E-state index < -0.39 is 0 Å². The zero-order valence-electron chi connectivity index (χ0n) is 12.0. The molecule has 0 saturated heterocycles. The molecule has 0 spiro atoms. The van der Waals surface area contributed by atoms with Gasteiger partial charge in [0.05, 0.1) is 5.75 Å². The lowest BCUT2D eigenvalue weighted by Crippen LogP contribution is -2.39. The van der Waals surface area contributed by atoms with Gasteiger partial charge in [0.15, 0.2) is 5.16 Å². The summed E-state index contributed by atoms with van der Waals surface area (Å²) in [4.78, 5) is 20.3. The number of aryl methyl sites for hydroxylation is 2. The third-order valence-electron chi connectivity index (χ3n) is 2.45. The van der Waals surface area contributed by atoms with Crippen LogP contribution in [0.4, 0.5) is 0 Å². The molecule has 19 heavy (non-hydrogen) atoms. The normalized spacial score (nSPS) is 12.2.